The fraction of sp³-hybridized carbons (Fsp3) is 0.533. The van der Waals surface area contributed by atoms with Crippen molar-refractivity contribution in [2.24, 2.45) is 0 Å². The molecular weight excluding hydrogens is 338 g/mol. The minimum Gasteiger partial charge on any atom is -0.352 e. The van der Waals surface area contributed by atoms with E-state index in [1.165, 1.54) is 23.5 Å². The first kappa shape index (κ1) is 21.9. The number of halogens is 1. The maximum Gasteiger partial charge on any atom is 0.251 e. The predicted octanol–water partition coefficient (Wildman–Crippen LogP) is 1.48. The van der Waals surface area contributed by atoms with E-state index in [2.05, 4.69) is 10.6 Å². The summed E-state index contributed by atoms with van der Waals surface area (Å²) in [7, 11) is -0.199. The molecule has 0 radical (unpaired) electrons. The lowest BCUT2D eigenvalue weighted by molar-refractivity contribution is 0.0953. The van der Waals surface area contributed by atoms with Crippen LogP contribution >= 0.6 is 12.4 Å². The average Bonchev–Trinajstić information content (AvgIpc) is 2.50. The summed E-state index contributed by atoms with van der Waals surface area (Å²) in [6, 6.07) is 5.97. The van der Waals surface area contributed by atoms with Crippen molar-refractivity contribution in [1.82, 2.24) is 14.9 Å². The number of hydrogen-bond donors (Lipinski definition) is 2. The van der Waals surface area contributed by atoms with Crippen LogP contribution < -0.4 is 10.6 Å². The third-order valence-electron chi connectivity index (χ3n) is 3.39. The SMILES string of the molecule is CNCCCNC(=O)c1cccc(S(=O)(=O)N(C)C(C)C)c1.Cl. The van der Waals surface area contributed by atoms with E-state index in [0.717, 1.165) is 13.0 Å². The number of rotatable bonds is 8. The van der Waals surface area contributed by atoms with Crippen molar-refractivity contribution >= 4 is 28.3 Å². The predicted molar refractivity (Wildman–Crippen MR) is 94.7 cm³/mol. The normalized spacial score (nSPS) is 11.4. The van der Waals surface area contributed by atoms with Gasteiger partial charge in [-0.05, 0) is 52.1 Å². The second-order valence-corrected chi connectivity index (χ2v) is 7.35. The second-order valence-electron chi connectivity index (χ2n) is 5.36. The molecule has 1 rings (SSSR count). The smallest absolute Gasteiger partial charge is 0.251 e. The molecule has 0 spiro atoms. The van der Waals surface area contributed by atoms with E-state index >= 15 is 0 Å². The van der Waals surface area contributed by atoms with Gasteiger partial charge in [0.15, 0.2) is 0 Å². The van der Waals surface area contributed by atoms with Crippen molar-refractivity contribution in [2.45, 2.75) is 31.2 Å². The summed E-state index contributed by atoms with van der Waals surface area (Å²) in [5, 5.41) is 5.77. The first-order valence-corrected chi connectivity index (χ1v) is 8.75. The highest BCUT2D eigenvalue weighted by molar-refractivity contribution is 7.89. The molecule has 0 saturated carbocycles. The summed E-state index contributed by atoms with van der Waals surface area (Å²) < 4.78 is 26.2. The Hall–Kier alpha value is -1.15. The quantitative estimate of drug-likeness (QED) is 0.686. The van der Waals surface area contributed by atoms with Crippen molar-refractivity contribution in [3.05, 3.63) is 29.8 Å². The molecule has 0 atom stereocenters. The molecular formula is C15H26ClN3O3S. The largest absolute Gasteiger partial charge is 0.352 e. The lowest BCUT2D eigenvalue weighted by Gasteiger charge is -2.21. The molecule has 0 aromatic heterocycles. The Morgan fingerprint density at radius 2 is 1.91 bits per heavy atom. The van der Waals surface area contributed by atoms with Crippen LogP contribution in [0.5, 0.6) is 0 Å². The standard InChI is InChI=1S/C15H25N3O3S.ClH/c1-12(2)18(4)22(20,21)14-8-5-7-13(11-14)15(19)17-10-6-9-16-3;/h5,7-8,11-12,16H,6,9-10H2,1-4H3,(H,17,19);1H. The van der Waals surface area contributed by atoms with Crippen LogP contribution in [0.25, 0.3) is 0 Å². The molecule has 0 bridgehead atoms. The maximum atomic E-state index is 12.4. The van der Waals surface area contributed by atoms with Crippen molar-refractivity contribution in [2.75, 3.05) is 27.2 Å². The summed E-state index contributed by atoms with van der Waals surface area (Å²) in [6.45, 7) is 4.96. The van der Waals surface area contributed by atoms with Gasteiger partial charge in [0.25, 0.3) is 5.91 Å². The molecule has 2 N–H and O–H groups in total. The van der Waals surface area contributed by atoms with E-state index in [1.54, 1.807) is 26.0 Å². The highest BCUT2D eigenvalue weighted by Crippen LogP contribution is 2.17. The van der Waals surface area contributed by atoms with Crippen LogP contribution in [-0.4, -0.2) is 51.9 Å². The Kier molecular flexibility index (Phi) is 9.38. The fourth-order valence-electron chi connectivity index (χ4n) is 1.81. The van der Waals surface area contributed by atoms with Crippen molar-refractivity contribution in [1.29, 1.82) is 0 Å². The second kappa shape index (κ2) is 9.87. The third kappa shape index (κ3) is 6.10. The molecule has 0 aliphatic rings. The molecule has 6 nitrogen and oxygen atoms in total. The van der Waals surface area contributed by atoms with Crippen molar-refractivity contribution in [3.63, 3.8) is 0 Å². The molecule has 132 valence electrons. The van der Waals surface area contributed by atoms with Crippen molar-refractivity contribution in [3.8, 4) is 0 Å². The lowest BCUT2D eigenvalue weighted by Crippen LogP contribution is -2.33. The highest BCUT2D eigenvalue weighted by Gasteiger charge is 2.23. The number of nitrogens with zero attached hydrogens (tertiary/aromatic N) is 1. The van der Waals surface area contributed by atoms with Gasteiger partial charge in [-0.3, -0.25) is 4.79 Å². The lowest BCUT2D eigenvalue weighted by atomic mass is 10.2. The minimum atomic E-state index is -3.58. The third-order valence-corrected chi connectivity index (χ3v) is 5.42. The van der Waals surface area contributed by atoms with Crippen molar-refractivity contribution < 1.29 is 13.2 Å². The van der Waals surface area contributed by atoms with Gasteiger partial charge in [-0.2, -0.15) is 4.31 Å². The van der Waals surface area contributed by atoms with Gasteiger partial charge in [0.2, 0.25) is 10.0 Å². The monoisotopic (exact) mass is 363 g/mol. The molecule has 0 aliphatic heterocycles. The molecule has 1 aromatic rings. The van der Waals surface area contributed by atoms with Gasteiger partial charge < -0.3 is 10.6 Å². The number of hydrogen-bond acceptors (Lipinski definition) is 4. The molecule has 0 fully saturated rings. The van der Waals surface area contributed by atoms with E-state index in [4.69, 9.17) is 0 Å². The van der Waals surface area contributed by atoms with Crippen LogP contribution in [0.3, 0.4) is 0 Å². The first-order chi connectivity index (χ1) is 10.3. The number of amides is 1. The van der Waals surface area contributed by atoms with Gasteiger partial charge in [0.05, 0.1) is 4.90 Å². The summed E-state index contributed by atoms with van der Waals surface area (Å²) >= 11 is 0. The van der Waals surface area contributed by atoms with E-state index in [-0.39, 0.29) is 29.3 Å². The molecule has 0 heterocycles. The Morgan fingerprint density at radius 3 is 2.48 bits per heavy atom. The summed E-state index contributed by atoms with van der Waals surface area (Å²) in [6.07, 6.45) is 0.816. The Bertz CT molecular complexity index is 606. The number of sulfonamides is 1. The number of benzene rings is 1. The van der Waals surface area contributed by atoms with Gasteiger partial charge in [-0.15, -0.1) is 12.4 Å². The molecule has 1 aromatic carbocycles. The van der Waals surface area contributed by atoms with Gasteiger partial charge in [-0.25, -0.2) is 8.42 Å². The zero-order valence-electron chi connectivity index (χ0n) is 14.0. The summed E-state index contributed by atoms with van der Waals surface area (Å²) in [5.41, 5.74) is 0.350. The van der Waals surface area contributed by atoms with Crippen LogP contribution in [0.2, 0.25) is 0 Å². The van der Waals surface area contributed by atoms with Crippen LogP contribution in [0.15, 0.2) is 29.2 Å². The van der Waals surface area contributed by atoms with E-state index in [9.17, 15) is 13.2 Å². The number of carbonyl (C=O) groups is 1. The molecule has 8 heteroatoms. The van der Waals surface area contributed by atoms with Gasteiger partial charge in [-0.1, -0.05) is 6.07 Å². The van der Waals surface area contributed by atoms with Gasteiger partial charge >= 0.3 is 0 Å². The average molecular weight is 364 g/mol. The van der Waals surface area contributed by atoms with Crippen LogP contribution in [0.1, 0.15) is 30.6 Å². The Labute approximate surface area is 145 Å². The Balaban J connectivity index is 0.00000484. The number of carbonyl (C=O) groups excluding carboxylic acids is 1. The zero-order valence-corrected chi connectivity index (χ0v) is 15.6. The molecule has 0 saturated heterocycles. The number of nitrogens with one attached hydrogen (secondary N) is 2. The summed E-state index contributed by atoms with van der Waals surface area (Å²) in [5.74, 6) is -0.264. The maximum absolute atomic E-state index is 12.4. The zero-order chi connectivity index (χ0) is 16.8. The van der Waals surface area contributed by atoms with Crippen LogP contribution in [-0.2, 0) is 10.0 Å². The topological polar surface area (TPSA) is 78.5 Å². The summed E-state index contributed by atoms with van der Waals surface area (Å²) in [4.78, 5) is 12.2. The Morgan fingerprint density at radius 1 is 1.26 bits per heavy atom. The molecule has 23 heavy (non-hydrogen) atoms. The van der Waals surface area contributed by atoms with Gasteiger partial charge in [0, 0.05) is 25.2 Å². The fourth-order valence-corrected chi connectivity index (χ4v) is 3.22. The van der Waals surface area contributed by atoms with Gasteiger partial charge in [0.1, 0.15) is 0 Å². The van der Waals surface area contributed by atoms with Crippen LogP contribution in [0, 0.1) is 0 Å². The van der Waals surface area contributed by atoms with E-state index < -0.39 is 10.0 Å². The minimum absolute atomic E-state index is 0. The van der Waals surface area contributed by atoms with E-state index in [0.29, 0.717) is 12.1 Å². The molecule has 0 unspecified atom stereocenters. The first-order valence-electron chi connectivity index (χ1n) is 7.31. The van der Waals surface area contributed by atoms with Crippen LogP contribution in [0.4, 0.5) is 0 Å². The van der Waals surface area contributed by atoms with E-state index in [1.807, 2.05) is 7.05 Å². The highest BCUT2D eigenvalue weighted by atomic mass is 35.5. The molecule has 0 aliphatic carbocycles. The molecule has 1 amide bonds.